The Hall–Kier alpha value is -0.0900. The smallest absolute Gasteiger partial charge is 0.130 e. The standard InChI is InChI=1S/C8H7BrF2S/c9-5-3-7(10)6(1-2-12)8(11)4-5/h3-4,12H,1-2H2. The van der Waals surface area contributed by atoms with E-state index in [1.54, 1.807) is 0 Å². The van der Waals surface area contributed by atoms with Crippen LogP contribution in [0, 0.1) is 11.6 Å². The lowest BCUT2D eigenvalue weighted by molar-refractivity contribution is 0.558. The minimum atomic E-state index is -0.518. The number of hydrogen-bond acceptors (Lipinski definition) is 1. The summed E-state index contributed by atoms with van der Waals surface area (Å²) in [5, 5.41) is 0. The molecule has 0 aromatic heterocycles. The van der Waals surface area contributed by atoms with Crippen LogP contribution < -0.4 is 0 Å². The van der Waals surface area contributed by atoms with Crippen LogP contribution in [0.2, 0.25) is 0 Å². The summed E-state index contributed by atoms with van der Waals surface area (Å²) in [7, 11) is 0. The quantitative estimate of drug-likeness (QED) is 0.769. The number of hydrogen-bond donors (Lipinski definition) is 1. The second kappa shape index (κ2) is 4.23. The van der Waals surface area contributed by atoms with Gasteiger partial charge in [0.05, 0.1) is 0 Å². The number of thiol groups is 1. The van der Waals surface area contributed by atoms with E-state index in [1.807, 2.05) is 0 Å². The van der Waals surface area contributed by atoms with E-state index < -0.39 is 11.6 Å². The molecular weight excluding hydrogens is 246 g/mol. The second-order valence-corrected chi connectivity index (χ2v) is 3.68. The van der Waals surface area contributed by atoms with Crippen molar-refractivity contribution in [1.82, 2.24) is 0 Å². The molecule has 0 aliphatic carbocycles. The minimum Gasteiger partial charge on any atom is -0.207 e. The molecule has 0 fully saturated rings. The summed E-state index contributed by atoms with van der Waals surface area (Å²) in [6, 6.07) is 2.50. The highest BCUT2D eigenvalue weighted by molar-refractivity contribution is 9.10. The molecule has 0 atom stereocenters. The van der Waals surface area contributed by atoms with Crippen molar-refractivity contribution in [2.45, 2.75) is 6.42 Å². The molecule has 0 aliphatic rings. The molecule has 0 amide bonds. The van der Waals surface area contributed by atoms with Gasteiger partial charge in [-0.05, 0) is 24.3 Å². The van der Waals surface area contributed by atoms with Crippen molar-refractivity contribution in [3.8, 4) is 0 Å². The molecule has 66 valence electrons. The molecule has 12 heavy (non-hydrogen) atoms. The Morgan fingerprint density at radius 3 is 2.17 bits per heavy atom. The zero-order chi connectivity index (χ0) is 9.14. The van der Waals surface area contributed by atoms with Gasteiger partial charge in [-0.1, -0.05) is 15.9 Å². The van der Waals surface area contributed by atoms with Crippen molar-refractivity contribution in [3.63, 3.8) is 0 Å². The number of halogens is 3. The monoisotopic (exact) mass is 252 g/mol. The Labute approximate surface area is 83.5 Å². The minimum absolute atomic E-state index is 0.105. The van der Waals surface area contributed by atoms with Crippen LogP contribution in [0.5, 0.6) is 0 Å². The van der Waals surface area contributed by atoms with Gasteiger partial charge in [-0.15, -0.1) is 0 Å². The summed E-state index contributed by atoms with van der Waals surface area (Å²) in [5.74, 6) is -0.595. The van der Waals surface area contributed by atoms with Gasteiger partial charge in [-0.3, -0.25) is 0 Å². The zero-order valence-corrected chi connectivity index (χ0v) is 8.63. The first-order chi connectivity index (χ1) is 5.65. The average Bonchev–Trinajstić information content (AvgIpc) is 1.96. The molecule has 0 saturated carbocycles. The zero-order valence-electron chi connectivity index (χ0n) is 6.15. The molecule has 1 aromatic carbocycles. The van der Waals surface area contributed by atoms with Crippen LogP contribution in [0.15, 0.2) is 16.6 Å². The third-order valence-corrected chi connectivity index (χ3v) is 2.15. The molecule has 0 heterocycles. The van der Waals surface area contributed by atoms with E-state index in [0.29, 0.717) is 16.6 Å². The van der Waals surface area contributed by atoms with Gasteiger partial charge >= 0.3 is 0 Å². The fraction of sp³-hybridized carbons (Fsp3) is 0.250. The van der Waals surface area contributed by atoms with E-state index >= 15 is 0 Å². The fourth-order valence-corrected chi connectivity index (χ4v) is 1.55. The molecule has 1 rings (SSSR count). The molecule has 4 heteroatoms. The van der Waals surface area contributed by atoms with E-state index in [1.165, 1.54) is 12.1 Å². The van der Waals surface area contributed by atoms with Crippen LogP contribution >= 0.6 is 28.6 Å². The molecule has 0 unspecified atom stereocenters. The highest BCUT2D eigenvalue weighted by Crippen LogP contribution is 2.19. The molecule has 0 saturated heterocycles. The van der Waals surface area contributed by atoms with Gasteiger partial charge in [0.1, 0.15) is 11.6 Å². The van der Waals surface area contributed by atoms with Crippen LogP contribution in [-0.2, 0) is 6.42 Å². The summed E-state index contributed by atoms with van der Waals surface area (Å²) in [4.78, 5) is 0. The first-order valence-corrected chi connectivity index (χ1v) is 4.82. The van der Waals surface area contributed by atoms with Gasteiger partial charge < -0.3 is 0 Å². The van der Waals surface area contributed by atoms with E-state index in [4.69, 9.17) is 0 Å². The Kier molecular flexibility index (Phi) is 3.53. The highest BCUT2D eigenvalue weighted by atomic mass is 79.9. The average molecular weight is 253 g/mol. The van der Waals surface area contributed by atoms with Gasteiger partial charge in [0.15, 0.2) is 0 Å². The van der Waals surface area contributed by atoms with Crippen molar-refractivity contribution >= 4 is 28.6 Å². The predicted octanol–water partition coefficient (Wildman–Crippen LogP) is 3.20. The first kappa shape index (κ1) is 9.99. The third kappa shape index (κ3) is 2.20. The molecule has 1 aromatic rings. The lowest BCUT2D eigenvalue weighted by Gasteiger charge is -2.02. The van der Waals surface area contributed by atoms with Crippen LogP contribution in [0.4, 0.5) is 8.78 Å². The summed E-state index contributed by atoms with van der Waals surface area (Å²) < 4.78 is 26.4. The van der Waals surface area contributed by atoms with Crippen molar-refractivity contribution in [3.05, 3.63) is 33.8 Å². The third-order valence-electron chi connectivity index (χ3n) is 1.47. The van der Waals surface area contributed by atoms with Crippen molar-refractivity contribution in [1.29, 1.82) is 0 Å². The van der Waals surface area contributed by atoms with Crippen LogP contribution in [0.1, 0.15) is 5.56 Å². The van der Waals surface area contributed by atoms with Gasteiger partial charge in [0, 0.05) is 10.0 Å². The summed E-state index contributed by atoms with van der Waals surface area (Å²) in [6.07, 6.45) is 0.314. The first-order valence-electron chi connectivity index (χ1n) is 3.39. The number of benzene rings is 1. The summed E-state index contributed by atoms with van der Waals surface area (Å²) >= 11 is 6.91. The van der Waals surface area contributed by atoms with Crippen LogP contribution in [0.3, 0.4) is 0 Å². The Morgan fingerprint density at radius 2 is 1.75 bits per heavy atom. The second-order valence-electron chi connectivity index (χ2n) is 2.32. The van der Waals surface area contributed by atoms with Gasteiger partial charge in [0.2, 0.25) is 0 Å². The summed E-state index contributed by atoms with van der Waals surface area (Å²) in [5.41, 5.74) is 0.105. The van der Waals surface area contributed by atoms with Crippen molar-refractivity contribution in [2.75, 3.05) is 5.75 Å². The maximum Gasteiger partial charge on any atom is 0.130 e. The van der Waals surface area contributed by atoms with E-state index in [0.717, 1.165) is 0 Å². The maximum absolute atomic E-state index is 13.0. The molecule has 0 nitrogen and oxygen atoms in total. The molecule has 0 radical (unpaired) electrons. The van der Waals surface area contributed by atoms with Gasteiger partial charge in [-0.2, -0.15) is 12.6 Å². The molecule has 0 spiro atoms. The van der Waals surface area contributed by atoms with E-state index in [2.05, 4.69) is 28.6 Å². The van der Waals surface area contributed by atoms with Gasteiger partial charge in [0.25, 0.3) is 0 Å². The molecule has 0 bridgehead atoms. The topological polar surface area (TPSA) is 0 Å². The van der Waals surface area contributed by atoms with Crippen molar-refractivity contribution < 1.29 is 8.78 Å². The lowest BCUT2D eigenvalue weighted by atomic mass is 10.1. The fourth-order valence-electron chi connectivity index (χ4n) is 0.923. The largest absolute Gasteiger partial charge is 0.207 e. The normalized spacial score (nSPS) is 10.3. The van der Waals surface area contributed by atoms with E-state index in [-0.39, 0.29) is 5.56 Å². The van der Waals surface area contributed by atoms with E-state index in [9.17, 15) is 8.78 Å². The summed E-state index contributed by atoms with van der Waals surface area (Å²) in [6.45, 7) is 0. The Morgan fingerprint density at radius 1 is 1.25 bits per heavy atom. The Balaban J connectivity index is 3.10. The predicted molar refractivity (Wildman–Crippen MR) is 51.6 cm³/mol. The number of rotatable bonds is 2. The van der Waals surface area contributed by atoms with Gasteiger partial charge in [-0.25, -0.2) is 8.78 Å². The van der Waals surface area contributed by atoms with Crippen LogP contribution in [-0.4, -0.2) is 5.75 Å². The molecular formula is C8H7BrF2S. The SMILES string of the molecule is Fc1cc(Br)cc(F)c1CCS. The Bertz CT molecular complexity index is 265. The highest BCUT2D eigenvalue weighted by Gasteiger charge is 2.08. The lowest BCUT2D eigenvalue weighted by Crippen LogP contribution is -1.96. The molecule has 0 aliphatic heterocycles. The van der Waals surface area contributed by atoms with Crippen LogP contribution in [0.25, 0.3) is 0 Å². The molecule has 0 N–H and O–H groups in total. The van der Waals surface area contributed by atoms with Crippen molar-refractivity contribution in [2.24, 2.45) is 0 Å². The maximum atomic E-state index is 13.0.